The zero-order valence-corrected chi connectivity index (χ0v) is 15.0. The summed E-state index contributed by atoms with van der Waals surface area (Å²) in [5.74, 6) is 0. The number of nitrogens with zero attached hydrogens (tertiary/aromatic N) is 1. The summed E-state index contributed by atoms with van der Waals surface area (Å²) in [7, 11) is -7.35. The summed E-state index contributed by atoms with van der Waals surface area (Å²) in [6.07, 6.45) is 1.03. The molecule has 1 aliphatic heterocycles. The third-order valence-electron chi connectivity index (χ3n) is 3.47. The van der Waals surface area contributed by atoms with E-state index in [4.69, 9.17) is 11.6 Å². The van der Waals surface area contributed by atoms with Gasteiger partial charge in [-0.2, -0.15) is 4.31 Å². The molecule has 1 saturated heterocycles. The van der Waals surface area contributed by atoms with Crippen LogP contribution in [0, 0.1) is 0 Å². The fourth-order valence-corrected chi connectivity index (χ4v) is 5.36. The van der Waals surface area contributed by atoms with Gasteiger partial charge >= 0.3 is 0 Å². The van der Waals surface area contributed by atoms with Gasteiger partial charge in [-0.25, -0.2) is 16.8 Å². The molecule has 2 atom stereocenters. The summed E-state index contributed by atoms with van der Waals surface area (Å²) in [5, 5.41) is 3.27. The number of rotatable bonds is 3. The molecule has 1 aliphatic rings. The average Bonchev–Trinajstić information content (AvgIpc) is 2.36. The van der Waals surface area contributed by atoms with Gasteiger partial charge in [0, 0.05) is 31.4 Å². The van der Waals surface area contributed by atoms with Crippen LogP contribution in [0.5, 0.6) is 0 Å². The second kappa shape index (κ2) is 6.09. The van der Waals surface area contributed by atoms with Crippen molar-refractivity contribution in [3.05, 3.63) is 23.2 Å². The molecule has 9 heteroatoms. The molecule has 1 aromatic carbocycles. The van der Waals surface area contributed by atoms with Gasteiger partial charge < -0.3 is 5.32 Å². The Morgan fingerprint density at radius 1 is 1.14 bits per heavy atom. The Balaban J connectivity index is 2.49. The van der Waals surface area contributed by atoms with Crippen LogP contribution < -0.4 is 5.32 Å². The first-order valence-corrected chi connectivity index (χ1v) is 10.5. The molecule has 1 N–H and O–H groups in total. The van der Waals surface area contributed by atoms with Gasteiger partial charge in [-0.1, -0.05) is 11.6 Å². The van der Waals surface area contributed by atoms with Crippen LogP contribution in [0.1, 0.15) is 13.8 Å². The van der Waals surface area contributed by atoms with Gasteiger partial charge in [0.25, 0.3) is 0 Å². The number of halogens is 1. The van der Waals surface area contributed by atoms with E-state index in [0.717, 1.165) is 12.3 Å². The fourth-order valence-electron chi connectivity index (χ4n) is 2.52. The van der Waals surface area contributed by atoms with Crippen LogP contribution in [-0.2, 0) is 19.9 Å². The zero-order valence-electron chi connectivity index (χ0n) is 12.6. The maximum Gasteiger partial charge on any atom is 0.244 e. The molecule has 6 nitrogen and oxygen atoms in total. The van der Waals surface area contributed by atoms with E-state index in [1.807, 2.05) is 13.8 Å². The first-order valence-electron chi connectivity index (χ1n) is 6.77. The van der Waals surface area contributed by atoms with Crippen molar-refractivity contribution in [3.63, 3.8) is 0 Å². The van der Waals surface area contributed by atoms with E-state index < -0.39 is 19.9 Å². The topological polar surface area (TPSA) is 83.6 Å². The van der Waals surface area contributed by atoms with E-state index in [1.54, 1.807) is 0 Å². The number of benzene rings is 1. The molecular formula is C13H19ClN2O4S2. The van der Waals surface area contributed by atoms with Crippen molar-refractivity contribution in [1.29, 1.82) is 0 Å². The first-order chi connectivity index (χ1) is 10.0. The van der Waals surface area contributed by atoms with Crippen LogP contribution in [-0.4, -0.2) is 52.6 Å². The molecule has 1 heterocycles. The second-order valence-electron chi connectivity index (χ2n) is 5.66. The Morgan fingerprint density at radius 2 is 1.68 bits per heavy atom. The molecule has 0 unspecified atom stereocenters. The number of sulfone groups is 1. The molecular weight excluding hydrogens is 348 g/mol. The lowest BCUT2D eigenvalue weighted by atomic mass is 10.2. The summed E-state index contributed by atoms with van der Waals surface area (Å²) in [5.41, 5.74) is 0. The van der Waals surface area contributed by atoms with Gasteiger partial charge in [0.2, 0.25) is 10.0 Å². The Hall–Kier alpha value is -0.670. The van der Waals surface area contributed by atoms with E-state index in [-0.39, 0.29) is 26.9 Å². The molecule has 1 aromatic rings. The second-order valence-corrected chi connectivity index (χ2v) is 9.98. The van der Waals surface area contributed by atoms with Crippen LogP contribution in [0.15, 0.2) is 28.0 Å². The van der Waals surface area contributed by atoms with Gasteiger partial charge in [-0.15, -0.1) is 0 Å². The largest absolute Gasteiger partial charge is 0.309 e. The van der Waals surface area contributed by atoms with E-state index in [2.05, 4.69) is 5.32 Å². The molecule has 0 radical (unpaired) electrons. The summed E-state index contributed by atoms with van der Waals surface area (Å²) >= 11 is 6.01. The van der Waals surface area contributed by atoms with Gasteiger partial charge in [-0.05, 0) is 32.0 Å². The lowest BCUT2D eigenvalue weighted by Gasteiger charge is -2.35. The van der Waals surface area contributed by atoms with Crippen LogP contribution in [0.2, 0.25) is 5.02 Å². The quantitative estimate of drug-likeness (QED) is 0.866. The summed E-state index contributed by atoms with van der Waals surface area (Å²) in [4.78, 5) is -0.231. The Morgan fingerprint density at radius 3 is 2.18 bits per heavy atom. The van der Waals surface area contributed by atoms with Crippen molar-refractivity contribution in [3.8, 4) is 0 Å². The number of piperazine rings is 1. The molecule has 0 aliphatic carbocycles. The third kappa shape index (κ3) is 3.62. The Bertz CT molecular complexity index is 767. The van der Waals surface area contributed by atoms with Crippen LogP contribution in [0.4, 0.5) is 0 Å². The highest BCUT2D eigenvalue weighted by Gasteiger charge is 2.33. The van der Waals surface area contributed by atoms with Gasteiger partial charge in [-0.3, -0.25) is 0 Å². The maximum absolute atomic E-state index is 12.8. The van der Waals surface area contributed by atoms with E-state index >= 15 is 0 Å². The van der Waals surface area contributed by atoms with Crippen molar-refractivity contribution >= 4 is 31.5 Å². The molecule has 0 bridgehead atoms. The summed E-state index contributed by atoms with van der Waals surface area (Å²) < 4.78 is 50.2. The molecule has 0 spiro atoms. The lowest BCUT2D eigenvalue weighted by molar-refractivity contribution is 0.263. The lowest BCUT2D eigenvalue weighted by Crippen LogP contribution is -2.55. The van der Waals surface area contributed by atoms with Crippen LogP contribution in [0.3, 0.4) is 0 Å². The van der Waals surface area contributed by atoms with Gasteiger partial charge in [0.15, 0.2) is 9.84 Å². The van der Waals surface area contributed by atoms with Crippen LogP contribution >= 0.6 is 11.6 Å². The first kappa shape index (κ1) is 17.7. The van der Waals surface area contributed by atoms with Crippen molar-refractivity contribution in [2.24, 2.45) is 0 Å². The molecule has 0 aromatic heterocycles. The average molecular weight is 367 g/mol. The standard InChI is InChI=1S/C13H19ClN2O4S2/c1-9-7-16(8-10(2)15-9)22(19,20)13-6-11(21(3,17)18)4-5-12(13)14/h4-6,9-10,15H,7-8H2,1-3H3/t9-,10+. The zero-order chi connectivity index (χ0) is 16.7. The minimum absolute atomic E-state index is 0.00962. The summed E-state index contributed by atoms with van der Waals surface area (Å²) in [6, 6.07) is 3.76. The van der Waals surface area contributed by atoms with Gasteiger partial charge in [0.05, 0.1) is 9.92 Å². The number of hydrogen-bond donors (Lipinski definition) is 1. The van der Waals surface area contributed by atoms with Crippen LogP contribution in [0.25, 0.3) is 0 Å². The van der Waals surface area contributed by atoms with E-state index in [9.17, 15) is 16.8 Å². The highest BCUT2D eigenvalue weighted by molar-refractivity contribution is 7.91. The third-order valence-corrected chi connectivity index (χ3v) is 6.90. The number of nitrogens with one attached hydrogen (secondary N) is 1. The molecule has 124 valence electrons. The normalized spacial score (nSPS) is 24.4. The predicted octanol–water partition coefficient (Wildman–Crippen LogP) is 1.11. The smallest absolute Gasteiger partial charge is 0.244 e. The number of sulfonamides is 1. The maximum atomic E-state index is 12.8. The van der Waals surface area contributed by atoms with Crippen molar-refractivity contribution < 1.29 is 16.8 Å². The van der Waals surface area contributed by atoms with E-state index in [1.165, 1.54) is 16.4 Å². The molecule has 1 fully saturated rings. The Labute approximate surface area is 136 Å². The highest BCUT2D eigenvalue weighted by atomic mass is 35.5. The monoisotopic (exact) mass is 366 g/mol. The molecule has 0 amide bonds. The summed E-state index contributed by atoms with van der Waals surface area (Å²) in [6.45, 7) is 4.41. The Kier molecular flexibility index (Phi) is 4.89. The molecule has 2 rings (SSSR count). The minimum Gasteiger partial charge on any atom is -0.309 e. The van der Waals surface area contributed by atoms with E-state index in [0.29, 0.717) is 13.1 Å². The molecule has 0 saturated carbocycles. The van der Waals surface area contributed by atoms with Crippen molar-refractivity contribution in [1.82, 2.24) is 9.62 Å². The number of hydrogen-bond acceptors (Lipinski definition) is 5. The predicted molar refractivity (Wildman–Crippen MR) is 85.4 cm³/mol. The van der Waals surface area contributed by atoms with Crippen molar-refractivity contribution in [2.45, 2.75) is 35.7 Å². The molecule has 22 heavy (non-hydrogen) atoms. The fraction of sp³-hybridized carbons (Fsp3) is 0.538. The SMILES string of the molecule is C[C@@H]1CN(S(=O)(=O)c2cc(S(C)(=O)=O)ccc2Cl)C[C@H](C)N1. The van der Waals surface area contributed by atoms with Gasteiger partial charge in [0.1, 0.15) is 4.90 Å². The van der Waals surface area contributed by atoms with Crippen molar-refractivity contribution in [2.75, 3.05) is 19.3 Å². The highest BCUT2D eigenvalue weighted by Crippen LogP contribution is 2.28. The minimum atomic E-state index is -3.84.